The Morgan fingerprint density at radius 2 is 1.76 bits per heavy atom. The number of hydrogen-bond donors (Lipinski definition) is 1. The van der Waals surface area contributed by atoms with Gasteiger partial charge >= 0.3 is 12.3 Å². The Morgan fingerprint density at radius 1 is 1.05 bits per heavy atom. The molecule has 214 valence electrons. The summed E-state index contributed by atoms with van der Waals surface area (Å²) in [5, 5.41) is 13.4. The molecule has 0 unspecified atom stereocenters. The molecule has 4 aromatic rings. The van der Waals surface area contributed by atoms with Crippen molar-refractivity contribution in [3.63, 3.8) is 0 Å². The molecule has 41 heavy (non-hydrogen) atoms. The predicted octanol–water partition coefficient (Wildman–Crippen LogP) is 7.57. The highest BCUT2D eigenvalue weighted by molar-refractivity contribution is 6.34. The molecule has 4 rings (SSSR count). The molecule has 0 spiro atoms. The van der Waals surface area contributed by atoms with Gasteiger partial charge in [0.25, 0.3) is 5.91 Å². The van der Waals surface area contributed by atoms with Crippen LogP contribution >= 0.6 is 11.6 Å². The standard InChI is InChI=1S/C29H24ClF3N2O6/c1-16(2)26-21(25(34-41-26)20-9-4-5-10-24(20)40-29(31,32)33)15-39-19-11-12-23(22(30)14-19)35(3)27(36)17-7-6-8-18(13-17)28(37)38/h4-14,16H,15H2,1-3H3,(H,37,38). The van der Waals surface area contributed by atoms with Crippen LogP contribution in [-0.4, -0.2) is 35.5 Å². The van der Waals surface area contributed by atoms with Crippen molar-refractivity contribution < 1.29 is 41.9 Å². The second-order valence-electron chi connectivity index (χ2n) is 9.22. The van der Waals surface area contributed by atoms with Crippen LogP contribution in [0.3, 0.4) is 0 Å². The fourth-order valence-corrected chi connectivity index (χ4v) is 4.39. The number of halogens is 4. The molecular formula is C29H24ClF3N2O6. The summed E-state index contributed by atoms with van der Waals surface area (Å²) in [4.78, 5) is 25.5. The third kappa shape index (κ3) is 6.80. The second kappa shape index (κ2) is 11.9. The van der Waals surface area contributed by atoms with E-state index in [1.807, 2.05) is 13.8 Å². The van der Waals surface area contributed by atoms with Crippen molar-refractivity contribution in [3.8, 4) is 22.8 Å². The van der Waals surface area contributed by atoms with Gasteiger partial charge in [-0.15, -0.1) is 13.2 Å². The topological polar surface area (TPSA) is 102 Å². The summed E-state index contributed by atoms with van der Waals surface area (Å²) in [7, 11) is 1.50. The number of nitrogens with zero attached hydrogens (tertiary/aromatic N) is 2. The Balaban J connectivity index is 1.58. The minimum Gasteiger partial charge on any atom is -0.489 e. The summed E-state index contributed by atoms with van der Waals surface area (Å²) >= 11 is 6.47. The van der Waals surface area contributed by atoms with Gasteiger partial charge in [0.1, 0.15) is 29.6 Å². The van der Waals surface area contributed by atoms with Crippen LogP contribution in [0.15, 0.2) is 71.3 Å². The highest BCUT2D eigenvalue weighted by atomic mass is 35.5. The molecule has 8 nitrogen and oxygen atoms in total. The number of carboxylic acid groups (broad SMARTS) is 1. The molecule has 0 radical (unpaired) electrons. The Labute approximate surface area is 237 Å². The summed E-state index contributed by atoms with van der Waals surface area (Å²) in [6.45, 7) is 3.58. The van der Waals surface area contributed by atoms with Crippen LogP contribution in [0.1, 0.15) is 51.8 Å². The molecule has 0 fully saturated rings. The summed E-state index contributed by atoms with van der Waals surface area (Å²) in [5.74, 6) is -1.48. The van der Waals surface area contributed by atoms with Gasteiger partial charge in [0.15, 0.2) is 0 Å². The van der Waals surface area contributed by atoms with Gasteiger partial charge in [-0.2, -0.15) is 0 Å². The number of carbonyl (C=O) groups excluding carboxylic acids is 1. The van der Waals surface area contributed by atoms with Gasteiger partial charge in [-0.05, 0) is 42.5 Å². The lowest BCUT2D eigenvalue weighted by molar-refractivity contribution is -0.274. The third-order valence-electron chi connectivity index (χ3n) is 6.04. The predicted molar refractivity (Wildman–Crippen MR) is 145 cm³/mol. The summed E-state index contributed by atoms with van der Waals surface area (Å²) in [6.07, 6.45) is -4.90. The number of hydrogen-bond acceptors (Lipinski definition) is 6. The number of alkyl halides is 3. The number of ether oxygens (including phenoxy) is 2. The molecule has 1 heterocycles. The van der Waals surface area contributed by atoms with Crippen molar-refractivity contribution in [3.05, 3.63) is 94.2 Å². The first-order valence-corrected chi connectivity index (χ1v) is 12.6. The minimum atomic E-state index is -4.90. The first-order chi connectivity index (χ1) is 19.4. The van der Waals surface area contributed by atoms with E-state index in [0.29, 0.717) is 22.8 Å². The van der Waals surface area contributed by atoms with Crippen LogP contribution in [0, 0.1) is 0 Å². The van der Waals surface area contributed by atoms with E-state index in [4.69, 9.17) is 20.9 Å². The fourth-order valence-electron chi connectivity index (χ4n) is 4.10. The van der Waals surface area contributed by atoms with Gasteiger partial charge in [-0.1, -0.05) is 48.8 Å². The lowest BCUT2D eigenvalue weighted by atomic mass is 10.0. The molecule has 0 bridgehead atoms. The van der Waals surface area contributed by atoms with Crippen LogP contribution in [0.2, 0.25) is 5.02 Å². The number of amides is 1. The number of anilines is 1. The van der Waals surface area contributed by atoms with E-state index in [-0.39, 0.29) is 39.9 Å². The van der Waals surface area contributed by atoms with Crippen LogP contribution in [0.5, 0.6) is 11.5 Å². The molecule has 0 saturated carbocycles. The van der Waals surface area contributed by atoms with Crippen LogP contribution in [-0.2, 0) is 6.61 Å². The normalized spacial score (nSPS) is 11.4. The molecule has 0 aliphatic carbocycles. The SMILES string of the molecule is CC(C)c1onc(-c2ccccc2OC(F)(F)F)c1COc1ccc(N(C)C(=O)c2cccc(C(=O)O)c2)c(Cl)c1. The zero-order valence-corrected chi connectivity index (χ0v) is 22.8. The summed E-state index contributed by atoms with van der Waals surface area (Å²) in [6, 6.07) is 15.8. The maximum absolute atomic E-state index is 13.0. The van der Waals surface area contributed by atoms with Crippen LogP contribution in [0.4, 0.5) is 18.9 Å². The van der Waals surface area contributed by atoms with Gasteiger partial charge < -0.3 is 24.0 Å². The Morgan fingerprint density at radius 3 is 2.41 bits per heavy atom. The van der Waals surface area contributed by atoms with Gasteiger partial charge in [-0.3, -0.25) is 4.79 Å². The quantitative estimate of drug-likeness (QED) is 0.215. The molecule has 0 atom stereocenters. The van der Waals surface area contributed by atoms with Crippen molar-refractivity contribution in [2.24, 2.45) is 0 Å². The van der Waals surface area contributed by atoms with Gasteiger partial charge in [-0.25, -0.2) is 4.79 Å². The maximum atomic E-state index is 13.0. The Kier molecular flexibility index (Phi) is 8.57. The van der Waals surface area contributed by atoms with Crippen LogP contribution in [0.25, 0.3) is 11.3 Å². The molecule has 12 heteroatoms. The largest absolute Gasteiger partial charge is 0.573 e. The van der Waals surface area contributed by atoms with E-state index in [0.717, 1.165) is 0 Å². The van der Waals surface area contributed by atoms with E-state index in [1.165, 1.54) is 60.5 Å². The van der Waals surface area contributed by atoms with Gasteiger partial charge in [0, 0.05) is 30.2 Å². The molecule has 1 amide bonds. The second-order valence-corrected chi connectivity index (χ2v) is 9.63. The molecule has 0 saturated heterocycles. The summed E-state index contributed by atoms with van der Waals surface area (Å²) in [5.41, 5.74) is 1.14. The number of carbonyl (C=O) groups is 2. The highest BCUT2D eigenvalue weighted by Crippen LogP contribution is 2.38. The van der Waals surface area contributed by atoms with E-state index in [2.05, 4.69) is 9.89 Å². The zero-order chi connectivity index (χ0) is 29.9. The molecule has 0 aliphatic rings. The van der Waals surface area contributed by atoms with Crippen molar-refractivity contribution in [2.45, 2.75) is 32.7 Å². The van der Waals surface area contributed by atoms with Gasteiger partial charge in [0.05, 0.1) is 21.8 Å². The third-order valence-corrected chi connectivity index (χ3v) is 6.34. The van der Waals surface area contributed by atoms with Crippen molar-refractivity contribution in [1.82, 2.24) is 5.16 Å². The van der Waals surface area contributed by atoms with E-state index in [1.54, 1.807) is 18.2 Å². The van der Waals surface area contributed by atoms with Crippen LogP contribution < -0.4 is 14.4 Å². The Bertz CT molecular complexity index is 1590. The average Bonchev–Trinajstić information content (AvgIpc) is 3.34. The van der Waals surface area contributed by atoms with Crippen molar-refractivity contribution in [2.75, 3.05) is 11.9 Å². The molecule has 1 aromatic heterocycles. The first kappa shape index (κ1) is 29.5. The number of rotatable bonds is 9. The average molecular weight is 589 g/mol. The molecule has 1 N–H and O–H groups in total. The first-order valence-electron chi connectivity index (χ1n) is 12.2. The number of aromatic carboxylic acids is 1. The molecule has 0 aliphatic heterocycles. The number of para-hydroxylation sites is 1. The van der Waals surface area contributed by atoms with E-state index in [9.17, 15) is 27.9 Å². The van der Waals surface area contributed by atoms with E-state index < -0.39 is 24.0 Å². The number of benzene rings is 3. The fraction of sp³-hybridized carbons (Fsp3) is 0.207. The molecular weight excluding hydrogens is 565 g/mol. The van der Waals surface area contributed by atoms with E-state index >= 15 is 0 Å². The Hall–Kier alpha value is -4.51. The minimum absolute atomic E-state index is 0.0273. The highest BCUT2D eigenvalue weighted by Gasteiger charge is 2.33. The van der Waals surface area contributed by atoms with Crippen molar-refractivity contribution in [1.29, 1.82) is 0 Å². The maximum Gasteiger partial charge on any atom is 0.573 e. The lowest BCUT2D eigenvalue weighted by Crippen LogP contribution is -2.26. The monoisotopic (exact) mass is 588 g/mol. The number of carboxylic acids is 1. The summed E-state index contributed by atoms with van der Waals surface area (Å²) < 4.78 is 54.6. The van der Waals surface area contributed by atoms with Gasteiger partial charge in [0.2, 0.25) is 0 Å². The molecule has 3 aromatic carbocycles. The zero-order valence-electron chi connectivity index (χ0n) is 22.0. The lowest BCUT2D eigenvalue weighted by Gasteiger charge is -2.20. The smallest absolute Gasteiger partial charge is 0.489 e. The number of aromatic nitrogens is 1. The van der Waals surface area contributed by atoms with Crippen molar-refractivity contribution >= 4 is 29.2 Å².